The molecule has 0 saturated carbocycles. The molecule has 2 aromatic rings. The summed E-state index contributed by atoms with van der Waals surface area (Å²) in [5.74, 6) is -2.26. The van der Waals surface area contributed by atoms with Crippen molar-refractivity contribution in [1.29, 1.82) is 0 Å². The molecule has 0 radical (unpaired) electrons. The average molecular weight is 615 g/mol. The molecule has 2 amide bonds. The van der Waals surface area contributed by atoms with Gasteiger partial charge < -0.3 is 19.7 Å². The van der Waals surface area contributed by atoms with E-state index in [-0.39, 0.29) is 39.4 Å². The third-order valence-corrected chi connectivity index (χ3v) is 8.89. The van der Waals surface area contributed by atoms with Crippen LogP contribution in [0, 0.1) is 0 Å². The lowest BCUT2D eigenvalue weighted by atomic mass is 9.95. The van der Waals surface area contributed by atoms with Gasteiger partial charge in [0.2, 0.25) is 0 Å². The number of carbonyl (C=O) groups excluding carboxylic acids is 2. The van der Waals surface area contributed by atoms with Crippen LogP contribution in [0.15, 0.2) is 70.4 Å². The first-order chi connectivity index (χ1) is 19.4. The van der Waals surface area contributed by atoms with E-state index in [4.69, 9.17) is 27.6 Å². The summed E-state index contributed by atoms with van der Waals surface area (Å²) in [7, 11) is -3.50. The first-order valence-electron chi connectivity index (χ1n) is 12.5. The standard InChI is InChI=1S/C29H24Cl2N2O7S/c1-41(38,39)19-4-2-3-16(11-19)12-24(29(36)37)32-27(34)25-23(30)13-18-14-33(9-7-20(18)26(25)31)28(35)21-6-5-17-8-10-40-15-22(17)21/h2-6,8,10-11,13,15,24H,7,9,12,14H2,1H3,(H,32,34)(H,36,37)/t24-/m0/s1. The van der Waals surface area contributed by atoms with Crippen molar-refractivity contribution in [2.75, 3.05) is 12.8 Å². The number of carboxylic acids is 1. The zero-order valence-electron chi connectivity index (χ0n) is 21.7. The highest BCUT2D eigenvalue weighted by Crippen LogP contribution is 2.36. The fourth-order valence-electron chi connectivity index (χ4n) is 4.96. The van der Waals surface area contributed by atoms with Gasteiger partial charge in [-0.2, -0.15) is 0 Å². The van der Waals surface area contributed by atoms with Gasteiger partial charge in [0.1, 0.15) is 6.04 Å². The van der Waals surface area contributed by atoms with E-state index in [2.05, 4.69) is 5.32 Å². The summed E-state index contributed by atoms with van der Waals surface area (Å²) >= 11 is 13.1. The molecule has 0 fully saturated rings. The fourth-order valence-corrected chi connectivity index (χ4v) is 6.42. The first-order valence-corrected chi connectivity index (χ1v) is 15.2. The van der Waals surface area contributed by atoms with E-state index in [0.717, 1.165) is 11.8 Å². The van der Waals surface area contributed by atoms with Crippen LogP contribution in [-0.4, -0.2) is 55.1 Å². The molecule has 2 heterocycles. The second kappa shape index (κ2) is 11.2. The molecule has 0 aromatic heterocycles. The van der Waals surface area contributed by atoms with Crippen LogP contribution >= 0.6 is 23.2 Å². The predicted molar refractivity (Wildman–Crippen MR) is 152 cm³/mol. The molecule has 5 rings (SSSR count). The zero-order chi connectivity index (χ0) is 29.5. The highest BCUT2D eigenvalue weighted by atomic mass is 35.5. The molecular weight excluding hydrogens is 591 g/mol. The van der Waals surface area contributed by atoms with Crippen molar-refractivity contribution >= 4 is 50.8 Å². The summed E-state index contributed by atoms with van der Waals surface area (Å²) in [6, 6.07) is 11.4. The molecular formula is C29H24Cl2N2O7S. The van der Waals surface area contributed by atoms with E-state index in [1.807, 2.05) is 6.07 Å². The molecule has 0 unspecified atom stereocenters. The third-order valence-electron chi connectivity index (χ3n) is 7.06. The quantitative estimate of drug-likeness (QED) is 0.307. The molecule has 9 nitrogen and oxygen atoms in total. The maximum atomic E-state index is 13.3. The molecule has 2 aliphatic heterocycles. The smallest absolute Gasteiger partial charge is 0.326 e. The van der Waals surface area contributed by atoms with Crippen molar-refractivity contribution < 1.29 is 32.3 Å². The molecule has 0 bridgehead atoms. The van der Waals surface area contributed by atoms with E-state index in [0.29, 0.717) is 40.8 Å². The Bertz CT molecular complexity index is 1770. The molecule has 12 heteroatoms. The number of fused-ring (bicyclic) bond motifs is 2. The molecule has 0 saturated heterocycles. The fraction of sp³-hybridized carbons (Fsp3) is 0.207. The number of amides is 2. The summed E-state index contributed by atoms with van der Waals surface area (Å²) in [4.78, 5) is 40.3. The second-order valence-electron chi connectivity index (χ2n) is 9.82. The lowest BCUT2D eigenvalue weighted by Crippen LogP contribution is -2.42. The van der Waals surface area contributed by atoms with Crippen LogP contribution in [-0.2, 0) is 34.0 Å². The van der Waals surface area contributed by atoms with Crippen LogP contribution in [0.25, 0.3) is 11.1 Å². The monoisotopic (exact) mass is 614 g/mol. The van der Waals surface area contributed by atoms with Gasteiger partial charge >= 0.3 is 5.97 Å². The van der Waals surface area contributed by atoms with Crippen LogP contribution in [0.5, 0.6) is 0 Å². The number of hydrogen-bond acceptors (Lipinski definition) is 6. The summed E-state index contributed by atoms with van der Waals surface area (Å²) in [6.07, 6.45) is 4.33. The maximum absolute atomic E-state index is 13.3. The van der Waals surface area contributed by atoms with Crippen molar-refractivity contribution in [1.82, 2.24) is 10.2 Å². The zero-order valence-corrected chi connectivity index (χ0v) is 24.0. The van der Waals surface area contributed by atoms with Crippen molar-refractivity contribution in [3.63, 3.8) is 0 Å². The normalized spacial score (nSPS) is 14.0. The topological polar surface area (TPSA) is 134 Å². The van der Waals surface area contributed by atoms with Gasteiger partial charge in [-0.05, 0) is 59.0 Å². The average Bonchev–Trinajstić information content (AvgIpc) is 3.36. The Balaban J connectivity index is 1.35. The molecule has 2 N–H and O–H groups in total. The molecule has 212 valence electrons. The number of rotatable bonds is 7. The highest BCUT2D eigenvalue weighted by molar-refractivity contribution is 7.90. The van der Waals surface area contributed by atoms with E-state index in [9.17, 15) is 27.9 Å². The number of hydrogen-bond donors (Lipinski definition) is 2. The molecule has 1 atom stereocenters. The number of nitrogens with one attached hydrogen (secondary N) is 1. The minimum atomic E-state index is -3.50. The van der Waals surface area contributed by atoms with Crippen LogP contribution in [0.3, 0.4) is 0 Å². The Kier molecular flexibility index (Phi) is 7.83. The molecule has 41 heavy (non-hydrogen) atoms. The molecule has 2 aromatic carbocycles. The SMILES string of the molecule is CS(=O)(=O)c1cccc(C[C@H](NC(=O)c2c(Cl)cc3c(c2Cl)CCN(C(=O)c2ccc4ccocc2-4)C3)C(=O)O)c1. The van der Waals surface area contributed by atoms with E-state index in [1.54, 1.807) is 35.4 Å². The number of carboxylic acid groups (broad SMARTS) is 1. The van der Waals surface area contributed by atoms with E-state index in [1.165, 1.54) is 24.5 Å². The van der Waals surface area contributed by atoms with Crippen LogP contribution < -0.4 is 5.32 Å². The van der Waals surface area contributed by atoms with Gasteiger partial charge in [-0.25, -0.2) is 13.2 Å². The molecule has 1 aliphatic carbocycles. The predicted octanol–water partition coefficient (Wildman–Crippen LogP) is 4.72. The van der Waals surface area contributed by atoms with Crippen molar-refractivity contribution in [2.45, 2.75) is 30.3 Å². The Hall–Kier alpha value is -3.86. The third kappa shape index (κ3) is 5.81. The molecule has 3 aliphatic rings. The van der Waals surface area contributed by atoms with Crippen molar-refractivity contribution in [2.24, 2.45) is 0 Å². The second-order valence-corrected chi connectivity index (χ2v) is 12.6. The number of nitrogens with zero attached hydrogens (tertiary/aromatic N) is 1. The van der Waals surface area contributed by atoms with Crippen LogP contribution in [0.4, 0.5) is 0 Å². The van der Waals surface area contributed by atoms with Gasteiger partial charge in [-0.1, -0.05) is 41.4 Å². The Morgan fingerprint density at radius 2 is 1.90 bits per heavy atom. The lowest BCUT2D eigenvalue weighted by molar-refractivity contribution is -0.139. The van der Waals surface area contributed by atoms with Gasteiger partial charge in [-0.15, -0.1) is 0 Å². The lowest BCUT2D eigenvalue weighted by Gasteiger charge is -2.30. The van der Waals surface area contributed by atoms with Gasteiger partial charge in [0.25, 0.3) is 11.8 Å². The van der Waals surface area contributed by atoms with E-state index < -0.39 is 27.8 Å². The number of aliphatic carboxylic acids is 1. The van der Waals surface area contributed by atoms with Gasteiger partial charge in [-0.3, -0.25) is 9.59 Å². The summed E-state index contributed by atoms with van der Waals surface area (Å²) < 4.78 is 29.0. The molecule has 0 spiro atoms. The Morgan fingerprint density at radius 1 is 1.12 bits per heavy atom. The maximum Gasteiger partial charge on any atom is 0.326 e. The Morgan fingerprint density at radius 3 is 2.63 bits per heavy atom. The van der Waals surface area contributed by atoms with Crippen molar-refractivity contribution in [3.8, 4) is 11.1 Å². The summed E-state index contributed by atoms with van der Waals surface area (Å²) in [5.41, 5.74) is 3.81. The van der Waals surface area contributed by atoms with Crippen LogP contribution in [0.1, 0.15) is 37.4 Å². The van der Waals surface area contributed by atoms with Gasteiger partial charge in [0.15, 0.2) is 9.84 Å². The summed E-state index contributed by atoms with van der Waals surface area (Å²) in [5, 5.41) is 12.3. The number of benzene rings is 2. The number of halogens is 2. The highest BCUT2D eigenvalue weighted by Gasteiger charge is 2.31. The number of sulfone groups is 1. The van der Waals surface area contributed by atoms with Gasteiger partial charge in [0, 0.05) is 31.3 Å². The van der Waals surface area contributed by atoms with Crippen LogP contribution in [0.2, 0.25) is 10.0 Å². The van der Waals surface area contributed by atoms with Crippen molar-refractivity contribution in [3.05, 3.63) is 98.9 Å². The minimum absolute atomic E-state index is 0.0151. The van der Waals surface area contributed by atoms with Gasteiger partial charge in [0.05, 0.1) is 38.6 Å². The number of carbonyl (C=O) groups is 3. The first kappa shape index (κ1) is 28.7. The summed E-state index contributed by atoms with van der Waals surface area (Å²) in [6.45, 7) is 0.569. The van der Waals surface area contributed by atoms with E-state index >= 15 is 0 Å². The largest absolute Gasteiger partial charge is 0.480 e. The minimum Gasteiger partial charge on any atom is -0.480 e. The Labute approximate surface area is 245 Å².